The maximum atomic E-state index is 12.9. The van der Waals surface area contributed by atoms with Crippen molar-refractivity contribution in [1.82, 2.24) is 14.9 Å². The summed E-state index contributed by atoms with van der Waals surface area (Å²) in [7, 11) is 0. The lowest BCUT2D eigenvalue weighted by molar-refractivity contribution is 0.0792. The quantitative estimate of drug-likeness (QED) is 0.943. The molecule has 2 aliphatic rings. The smallest absolute Gasteiger partial charge is 0.258 e. The minimum atomic E-state index is 0.0348. The van der Waals surface area contributed by atoms with Crippen molar-refractivity contribution in [1.29, 1.82) is 0 Å². The predicted octanol–water partition coefficient (Wildman–Crippen LogP) is 2.73. The third-order valence-corrected chi connectivity index (χ3v) is 4.69. The predicted molar refractivity (Wildman–Crippen MR) is 82.9 cm³/mol. The first-order chi connectivity index (χ1) is 10.6. The van der Waals surface area contributed by atoms with Crippen LogP contribution in [0, 0.1) is 6.92 Å². The highest BCUT2D eigenvalue weighted by Gasteiger charge is 2.39. The molecule has 6 nitrogen and oxygen atoms in total. The van der Waals surface area contributed by atoms with Gasteiger partial charge in [0.2, 0.25) is 5.71 Å². The number of rotatable bonds is 3. The third kappa shape index (κ3) is 2.14. The van der Waals surface area contributed by atoms with Crippen LogP contribution in [-0.4, -0.2) is 39.4 Å². The zero-order valence-corrected chi connectivity index (χ0v) is 13.0. The number of amides is 1. The van der Waals surface area contributed by atoms with Crippen molar-refractivity contribution in [2.24, 2.45) is 0 Å². The second-order valence-electron chi connectivity index (χ2n) is 6.62. The zero-order chi connectivity index (χ0) is 15.3. The van der Waals surface area contributed by atoms with E-state index in [0.717, 1.165) is 44.2 Å². The number of hydrogen-bond donors (Lipinski definition) is 1. The first-order valence-electron chi connectivity index (χ1n) is 7.89. The van der Waals surface area contributed by atoms with E-state index in [1.54, 1.807) is 0 Å². The fourth-order valence-corrected chi connectivity index (χ4v) is 3.07. The third-order valence-electron chi connectivity index (χ3n) is 4.69. The van der Waals surface area contributed by atoms with E-state index < -0.39 is 0 Å². The van der Waals surface area contributed by atoms with E-state index in [2.05, 4.69) is 22.2 Å². The molecule has 0 radical (unpaired) electrons. The number of nitrogens with one attached hydrogen (secondary N) is 1. The molecule has 0 unspecified atom stereocenters. The Labute approximate surface area is 128 Å². The van der Waals surface area contributed by atoms with Gasteiger partial charge in [0.15, 0.2) is 0 Å². The molecule has 1 aliphatic heterocycles. The van der Waals surface area contributed by atoms with Crippen LogP contribution in [0.5, 0.6) is 0 Å². The SMILES string of the molecule is Cc1oc2ncnc(NC3(C)CC3)c2c1C(=O)N1CCCC1. The fourth-order valence-electron chi connectivity index (χ4n) is 3.07. The Balaban J connectivity index is 1.82. The monoisotopic (exact) mass is 300 g/mol. The molecule has 0 aromatic carbocycles. The Morgan fingerprint density at radius 3 is 2.73 bits per heavy atom. The molecule has 3 heterocycles. The highest BCUT2D eigenvalue weighted by atomic mass is 16.3. The van der Waals surface area contributed by atoms with Gasteiger partial charge in [-0.15, -0.1) is 0 Å². The molecule has 0 spiro atoms. The van der Waals surface area contributed by atoms with Gasteiger partial charge in [-0.25, -0.2) is 9.97 Å². The van der Waals surface area contributed by atoms with E-state index in [4.69, 9.17) is 4.42 Å². The zero-order valence-electron chi connectivity index (χ0n) is 13.0. The number of anilines is 1. The van der Waals surface area contributed by atoms with Crippen molar-refractivity contribution in [3.63, 3.8) is 0 Å². The molecule has 1 saturated carbocycles. The Bertz CT molecular complexity index is 742. The van der Waals surface area contributed by atoms with Crippen molar-refractivity contribution < 1.29 is 9.21 Å². The lowest BCUT2D eigenvalue weighted by atomic mass is 10.1. The molecule has 2 fully saturated rings. The summed E-state index contributed by atoms with van der Waals surface area (Å²) in [4.78, 5) is 23.3. The average Bonchev–Trinajstić information content (AvgIpc) is 2.94. The van der Waals surface area contributed by atoms with Gasteiger partial charge >= 0.3 is 0 Å². The normalized spacial score (nSPS) is 19.6. The molecule has 1 N–H and O–H groups in total. The minimum Gasteiger partial charge on any atom is -0.442 e. The van der Waals surface area contributed by atoms with Gasteiger partial charge in [0.1, 0.15) is 17.9 Å². The molecule has 1 aliphatic carbocycles. The van der Waals surface area contributed by atoms with Gasteiger partial charge in [-0.2, -0.15) is 0 Å². The topological polar surface area (TPSA) is 71.3 Å². The largest absolute Gasteiger partial charge is 0.442 e. The summed E-state index contributed by atoms with van der Waals surface area (Å²) in [6, 6.07) is 0. The van der Waals surface area contributed by atoms with E-state index >= 15 is 0 Å². The Morgan fingerprint density at radius 2 is 2.05 bits per heavy atom. The molecule has 6 heteroatoms. The first kappa shape index (κ1) is 13.5. The van der Waals surface area contributed by atoms with Crippen molar-refractivity contribution in [2.75, 3.05) is 18.4 Å². The van der Waals surface area contributed by atoms with Crippen LogP contribution >= 0.6 is 0 Å². The molecule has 0 bridgehead atoms. The highest BCUT2D eigenvalue weighted by Crippen LogP contribution is 2.40. The molecule has 2 aromatic heterocycles. The summed E-state index contributed by atoms with van der Waals surface area (Å²) >= 11 is 0. The minimum absolute atomic E-state index is 0.0348. The second-order valence-corrected chi connectivity index (χ2v) is 6.62. The van der Waals surface area contributed by atoms with Crippen molar-refractivity contribution in [3.8, 4) is 0 Å². The number of aryl methyl sites for hydroxylation is 1. The number of aromatic nitrogens is 2. The van der Waals surface area contributed by atoms with Gasteiger partial charge in [-0.3, -0.25) is 4.79 Å². The van der Waals surface area contributed by atoms with Gasteiger partial charge in [-0.1, -0.05) is 0 Å². The summed E-state index contributed by atoms with van der Waals surface area (Å²) in [5, 5.41) is 4.18. The molecular weight excluding hydrogens is 280 g/mol. The van der Waals surface area contributed by atoms with Gasteiger partial charge in [-0.05, 0) is 39.5 Å². The van der Waals surface area contributed by atoms with Crippen LogP contribution in [0.25, 0.3) is 11.1 Å². The average molecular weight is 300 g/mol. The van der Waals surface area contributed by atoms with Crippen molar-refractivity contribution >= 4 is 22.8 Å². The van der Waals surface area contributed by atoms with Crippen LogP contribution in [0.3, 0.4) is 0 Å². The second kappa shape index (κ2) is 4.69. The van der Waals surface area contributed by atoms with Gasteiger partial charge in [0.25, 0.3) is 5.91 Å². The summed E-state index contributed by atoms with van der Waals surface area (Å²) in [6.45, 7) is 5.63. The van der Waals surface area contributed by atoms with Gasteiger partial charge in [0, 0.05) is 18.6 Å². The number of nitrogens with zero attached hydrogens (tertiary/aromatic N) is 3. The lowest BCUT2D eigenvalue weighted by Gasteiger charge is -2.16. The van der Waals surface area contributed by atoms with Crippen LogP contribution in [0.15, 0.2) is 10.7 Å². The van der Waals surface area contributed by atoms with Crippen LogP contribution in [0.4, 0.5) is 5.82 Å². The molecule has 1 amide bonds. The fraction of sp³-hybridized carbons (Fsp3) is 0.562. The number of likely N-dealkylation sites (tertiary alicyclic amines) is 1. The first-order valence-corrected chi connectivity index (χ1v) is 7.89. The Morgan fingerprint density at radius 1 is 1.32 bits per heavy atom. The number of fused-ring (bicyclic) bond motifs is 1. The standard InChI is InChI=1S/C16H20N4O2/c1-10-11(15(21)20-7-3-4-8-20)12-13(19-16(2)5-6-16)17-9-18-14(12)22-10/h9H,3-8H2,1-2H3,(H,17,18,19). The van der Waals surface area contributed by atoms with Crippen molar-refractivity contribution in [3.05, 3.63) is 17.7 Å². The number of hydrogen-bond acceptors (Lipinski definition) is 5. The maximum absolute atomic E-state index is 12.9. The van der Waals surface area contributed by atoms with Crippen LogP contribution in [0.1, 0.15) is 48.7 Å². The number of carbonyl (C=O) groups is 1. The molecule has 1 saturated heterocycles. The van der Waals surface area contributed by atoms with Gasteiger partial charge in [0.05, 0.1) is 10.9 Å². The van der Waals surface area contributed by atoms with Crippen LogP contribution in [0.2, 0.25) is 0 Å². The molecule has 116 valence electrons. The van der Waals surface area contributed by atoms with Crippen molar-refractivity contribution in [2.45, 2.75) is 45.1 Å². The Hall–Kier alpha value is -2.11. The van der Waals surface area contributed by atoms with Crippen LogP contribution in [-0.2, 0) is 0 Å². The molecule has 22 heavy (non-hydrogen) atoms. The van der Waals surface area contributed by atoms with E-state index in [-0.39, 0.29) is 11.4 Å². The number of carbonyl (C=O) groups excluding carboxylic acids is 1. The molecule has 4 rings (SSSR count). The Kier molecular flexibility index (Phi) is 2.89. The summed E-state index contributed by atoms with van der Waals surface area (Å²) in [5.41, 5.74) is 1.19. The summed E-state index contributed by atoms with van der Waals surface area (Å²) < 4.78 is 5.72. The van der Waals surface area contributed by atoms with Crippen LogP contribution < -0.4 is 5.32 Å². The van der Waals surface area contributed by atoms with Gasteiger partial charge < -0.3 is 14.6 Å². The lowest BCUT2D eigenvalue weighted by Crippen LogP contribution is -2.28. The van der Waals surface area contributed by atoms with E-state index in [0.29, 0.717) is 22.9 Å². The van der Waals surface area contributed by atoms with E-state index in [9.17, 15) is 4.79 Å². The molecular formula is C16H20N4O2. The molecule has 0 atom stereocenters. The maximum Gasteiger partial charge on any atom is 0.258 e. The molecule has 2 aromatic rings. The highest BCUT2D eigenvalue weighted by molar-refractivity contribution is 6.10. The number of furan rings is 1. The summed E-state index contributed by atoms with van der Waals surface area (Å²) in [6.07, 6.45) is 5.86. The van der Waals surface area contributed by atoms with E-state index in [1.807, 2.05) is 11.8 Å². The van der Waals surface area contributed by atoms with E-state index in [1.165, 1.54) is 6.33 Å². The summed E-state index contributed by atoms with van der Waals surface area (Å²) in [5.74, 6) is 1.37.